The molecule has 1 amide bonds. The van der Waals surface area contributed by atoms with E-state index in [9.17, 15) is 18.0 Å². The highest BCUT2D eigenvalue weighted by atomic mass is 19.4. The van der Waals surface area contributed by atoms with Crippen LogP contribution < -0.4 is 10.1 Å². The molecule has 0 saturated carbocycles. The van der Waals surface area contributed by atoms with Gasteiger partial charge in [0.2, 0.25) is 5.89 Å². The highest BCUT2D eigenvalue weighted by molar-refractivity contribution is 5.96. The predicted molar refractivity (Wildman–Crippen MR) is 80.7 cm³/mol. The number of ether oxygens (including phenoxy) is 1. The van der Waals surface area contributed by atoms with E-state index in [1.165, 1.54) is 25.3 Å². The van der Waals surface area contributed by atoms with Crippen molar-refractivity contribution in [1.29, 1.82) is 0 Å². The molecule has 3 aromatic rings. The molecule has 1 heterocycles. The second-order valence-electron chi connectivity index (χ2n) is 4.89. The van der Waals surface area contributed by atoms with Crippen molar-refractivity contribution in [3.63, 3.8) is 0 Å². The maximum absolute atomic E-state index is 12.3. The molecule has 24 heavy (non-hydrogen) atoms. The highest BCUT2D eigenvalue weighted by Crippen LogP contribution is 2.28. The van der Waals surface area contributed by atoms with Gasteiger partial charge in [-0.25, -0.2) is 4.98 Å². The summed E-state index contributed by atoms with van der Waals surface area (Å²) in [5.74, 6) is -1.13. The SMILES string of the molecule is COc1cccc(-c2nc3ccc(NC(=O)C(F)(F)F)cc3o2)c1. The van der Waals surface area contributed by atoms with Crippen molar-refractivity contribution < 1.29 is 27.1 Å². The lowest BCUT2D eigenvalue weighted by atomic mass is 10.2. The number of rotatable bonds is 3. The van der Waals surface area contributed by atoms with Crippen LogP contribution in [0.5, 0.6) is 5.75 Å². The first-order valence-electron chi connectivity index (χ1n) is 6.80. The average Bonchev–Trinajstić information content (AvgIpc) is 2.97. The topological polar surface area (TPSA) is 64.4 Å². The lowest BCUT2D eigenvalue weighted by Crippen LogP contribution is -2.29. The van der Waals surface area contributed by atoms with Crippen molar-refractivity contribution in [2.45, 2.75) is 6.18 Å². The molecule has 0 aliphatic rings. The number of anilines is 1. The summed E-state index contributed by atoms with van der Waals surface area (Å²) in [6.45, 7) is 0. The van der Waals surface area contributed by atoms with Gasteiger partial charge < -0.3 is 14.5 Å². The summed E-state index contributed by atoms with van der Waals surface area (Å²) >= 11 is 0. The van der Waals surface area contributed by atoms with Gasteiger partial charge >= 0.3 is 12.1 Å². The molecule has 0 aliphatic carbocycles. The molecule has 2 aromatic carbocycles. The summed E-state index contributed by atoms with van der Waals surface area (Å²) in [4.78, 5) is 15.2. The summed E-state index contributed by atoms with van der Waals surface area (Å²) in [6, 6.07) is 11.1. The Morgan fingerprint density at radius 2 is 2.00 bits per heavy atom. The van der Waals surface area contributed by atoms with Crippen LogP contribution in [0.2, 0.25) is 0 Å². The minimum Gasteiger partial charge on any atom is -0.497 e. The van der Waals surface area contributed by atoms with Crippen molar-refractivity contribution in [2.75, 3.05) is 12.4 Å². The quantitative estimate of drug-likeness (QED) is 0.785. The fourth-order valence-electron chi connectivity index (χ4n) is 2.08. The smallest absolute Gasteiger partial charge is 0.471 e. The van der Waals surface area contributed by atoms with Crippen LogP contribution in [-0.4, -0.2) is 24.2 Å². The summed E-state index contributed by atoms with van der Waals surface area (Å²) in [7, 11) is 1.53. The molecule has 5 nitrogen and oxygen atoms in total. The van der Waals surface area contributed by atoms with Crippen LogP contribution in [-0.2, 0) is 4.79 Å². The number of carbonyl (C=O) groups is 1. The number of methoxy groups -OCH3 is 1. The van der Waals surface area contributed by atoms with Crippen molar-refractivity contribution in [1.82, 2.24) is 4.98 Å². The minimum atomic E-state index is -4.96. The molecular weight excluding hydrogens is 325 g/mol. The zero-order chi connectivity index (χ0) is 17.3. The lowest BCUT2D eigenvalue weighted by Gasteiger charge is -2.07. The number of fused-ring (bicyclic) bond motifs is 1. The summed E-state index contributed by atoms with van der Waals surface area (Å²) in [5.41, 5.74) is 1.34. The van der Waals surface area contributed by atoms with Crippen molar-refractivity contribution >= 4 is 22.7 Å². The van der Waals surface area contributed by atoms with E-state index in [-0.39, 0.29) is 11.3 Å². The number of alkyl halides is 3. The highest BCUT2D eigenvalue weighted by Gasteiger charge is 2.38. The Kier molecular flexibility index (Phi) is 3.88. The third kappa shape index (κ3) is 3.17. The van der Waals surface area contributed by atoms with Crippen LogP contribution in [0, 0.1) is 0 Å². The molecule has 1 N–H and O–H groups in total. The number of hydrogen-bond donors (Lipinski definition) is 1. The Bertz CT molecular complexity index is 903. The zero-order valence-electron chi connectivity index (χ0n) is 12.3. The van der Waals surface area contributed by atoms with Crippen LogP contribution in [0.4, 0.5) is 18.9 Å². The van der Waals surface area contributed by atoms with Gasteiger partial charge in [-0.3, -0.25) is 4.79 Å². The fourth-order valence-corrected chi connectivity index (χ4v) is 2.08. The van der Waals surface area contributed by atoms with E-state index < -0.39 is 12.1 Å². The molecule has 0 unspecified atom stereocenters. The normalized spacial score (nSPS) is 11.5. The number of benzene rings is 2. The number of halogens is 3. The van der Waals surface area contributed by atoms with Crippen molar-refractivity contribution in [3.8, 4) is 17.2 Å². The maximum atomic E-state index is 12.3. The number of nitrogens with zero attached hydrogens (tertiary/aromatic N) is 1. The Balaban J connectivity index is 1.93. The van der Waals surface area contributed by atoms with Gasteiger partial charge in [0.15, 0.2) is 5.58 Å². The van der Waals surface area contributed by atoms with Gasteiger partial charge in [0.1, 0.15) is 11.3 Å². The van der Waals surface area contributed by atoms with E-state index in [1.807, 2.05) is 0 Å². The second-order valence-corrected chi connectivity index (χ2v) is 4.89. The average molecular weight is 336 g/mol. The molecule has 0 aliphatic heterocycles. The molecule has 1 aromatic heterocycles. The van der Waals surface area contributed by atoms with Crippen LogP contribution in [0.25, 0.3) is 22.6 Å². The van der Waals surface area contributed by atoms with Gasteiger partial charge in [-0.15, -0.1) is 0 Å². The minimum absolute atomic E-state index is 0.0295. The van der Waals surface area contributed by atoms with E-state index in [0.29, 0.717) is 22.7 Å². The molecule has 0 spiro atoms. The number of aromatic nitrogens is 1. The van der Waals surface area contributed by atoms with Crippen LogP contribution in [0.15, 0.2) is 46.9 Å². The lowest BCUT2D eigenvalue weighted by molar-refractivity contribution is -0.167. The monoisotopic (exact) mass is 336 g/mol. The van der Waals surface area contributed by atoms with E-state index in [0.717, 1.165) is 0 Å². The number of oxazole rings is 1. The standard InChI is InChI=1S/C16H11F3N2O3/c1-23-11-4-2-3-9(7-11)14-21-12-6-5-10(8-13(12)24-14)20-15(22)16(17,18)19/h2-8H,1H3,(H,20,22). The Hall–Kier alpha value is -3.03. The van der Waals surface area contributed by atoms with Gasteiger partial charge in [-0.2, -0.15) is 13.2 Å². The van der Waals surface area contributed by atoms with Crippen LogP contribution in [0.1, 0.15) is 0 Å². The zero-order valence-corrected chi connectivity index (χ0v) is 12.3. The van der Waals surface area contributed by atoms with Crippen LogP contribution >= 0.6 is 0 Å². The van der Waals surface area contributed by atoms with Crippen LogP contribution in [0.3, 0.4) is 0 Å². The number of carbonyl (C=O) groups excluding carboxylic acids is 1. The molecule has 3 rings (SSSR count). The Labute approximate surface area is 134 Å². The van der Waals surface area contributed by atoms with E-state index in [4.69, 9.17) is 9.15 Å². The van der Waals surface area contributed by atoms with Gasteiger partial charge in [-0.1, -0.05) is 6.07 Å². The molecule has 8 heteroatoms. The molecule has 0 fully saturated rings. The third-order valence-corrected chi connectivity index (χ3v) is 3.22. The number of hydrogen-bond acceptors (Lipinski definition) is 4. The van der Waals surface area contributed by atoms with Gasteiger partial charge in [0, 0.05) is 17.3 Å². The third-order valence-electron chi connectivity index (χ3n) is 3.22. The number of nitrogens with one attached hydrogen (secondary N) is 1. The van der Waals surface area contributed by atoms with E-state index in [1.54, 1.807) is 29.6 Å². The Morgan fingerprint density at radius 3 is 2.71 bits per heavy atom. The van der Waals surface area contributed by atoms with Crippen molar-refractivity contribution in [3.05, 3.63) is 42.5 Å². The number of amides is 1. The Morgan fingerprint density at radius 1 is 1.21 bits per heavy atom. The summed E-state index contributed by atoms with van der Waals surface area (Å²) in [5, 5.41) is 1.77. The molecular formula is C16H11F3N2O3. The maximum Gasteiger partial charge on any atom is 0.471 e. The first-order chi connectivity index (χ1) is 11.4. The van der Waals surface area contributed by atoms with E-state index >= 15 is 0 Å². The van der Waals surface area contributed by atoms with Gasteiger partial charge in [0.25, 0.3) is 0 Å². The van der Waals surface area contributed by atoms with Gasteiger partial charge in [-0.05, 0) is 30.3 Å². The van der Waals surface area contributed by atoms with Crippen molar-refractivity contribution in [2.24, 2.45) is 0 Å². The first kappa shape index (κ1) is 15.9. The second kappa shape index (κ2) is 5.88. The van der Waals surface area contributed by atoms with E-state index in [2.05, 4.69) is 4.98 Å². The molecule has 0 atom stereocenters. The predicted octanol–water partition coefficient (Wildman–Crippen LogP) is 4.00. The largest absolute Gasteiger partial charge is 0.497 e. The summed E-state index contributed by atoms with van der Waals surface area (Å²) in [6.07, 6.45) is -4.96. The molecule has 124 valence electrons. The molecule has 0 bridgehead atoms. The fraction of sp³-hybridized carbons (Fsp3) is 0.125. The summed E-state index contributed by atoms with van der Waals surface area (Å²) < 4.78 is 47.5. The molecule has 0 saturated heterocycles. The first-order valence-corrected chi connectivity index (χ1v) is 6.80. The van der Waals surface area contributed by atoms with Gasteiger partial charge in [0.05, 0.1) is 7.11 Å². The molecule has 0 radical (unpaired) electrons.